The van der Waals surface area contributed by atoms with Crippen LogP contribution in [0.15, 0.2) is 102 Å². The van der Waals surface area contributed by atoms with E-state index in [1.807, 2.05) is 90.4 Å². The third-order valence-electron chi connectivity index (χ3n) is 5.47. The van der Waals surface area contributed by atoms with Crippen molar-refractivity contribution >= 4 is 34.3 Å². The molecular formula is C27H23N5OS. The summed E-state index contributed by atoms with van der Waals surface area (Å²) < 4.78 is 2.03. The number of nitrogens with one attached hydrogen (secondary N) is 1. The highest BCUT2D eigenvalue weighted by atomic mass is 32.2. The van der Waals surface area contributed by atoms with Crippen LogP contribution in [-0.2, 0) is 11.2 Å². The van der Waals surface area contributed by atoms with Gasteiger partial charge < -0.3 is 5.32 Å². The van der Waals surface area contributed by atoms with Gasteiger partial charge in [-0.25, -0.2) is 0 Å². The number of aromatic nitrogens is 4. The largest absolute Gasteiger partial charge is 0.324 e. The van der Waals surface area contributed by atoms with Gasteiger partial charge in [0.1, 0.15) is 5.82 Å². The van der Waals surface area contributed by atoms with Crippen molar-refractivity contribution in [3.63, 3.8) is 0 Å². The minimum Gasteiger partial charge on any atom is -0.324 e. The molecule has 1 unspecified atom stereocenters. The zero-order valence-corrected chi connectivity index (χ0v) is 19.4. The van der Waals surface area contributed by atoms with Crippen molar-refractivity contribution in [2.75, 3.05) is 5.32 Å². The maximum atomic E-state index is 13.1. The van der Waals surface area contributed by atoms with Crippen molar-refractivity contribution in [3.8, 4) is 5.69 Å². The SMILES string of the molecule is CC(Sc1nnc(Cc2ccccc2)n1-c1ccccc1)C(=O)Nc1cccc2ncccc12. The van der Waals surface area contributed by atoms with E-state index < -0.39 is 0 Å². The molecule has 2 aromatic heterocycles. The van der Waals surface area contributed by atoms with Crippen LogP contribution < -0.4 is 5.32 Å². The molecule has 5 rings (SSSR count). The molecule has 5 aromatic rings. The lowest BCUT2D eigenvalue weighted by Gasteiger charge is -2.15. The Morgan fingerprint density at radius 3 is 2.47 bits per heavy atom. The van der Waals surface area contributed by atoms with Gasteiger partial charge in [0.2, 0.25) is 5.91 Å². The maximum Gasteiger partial charge on any atom is 0.237 e. The Bertz CT molecular complexity index is 1410. The van der Waals surface area contributed by atoms with E-state index in [2.05, 4.69) is 32.6 Å². The van der Waals surface area contributed by atoms with Crippen LogP contribution in [0.2, 0.25) is 0 Å². The average Bonchev–Trinajstić information content (AvgIpc) is 3.27. The van der Waals surface area contributed by atoms with Gasteiger partial charge in [0.05, 0.1) is 16.5 Å². The third kappa shape index (κ3) is 4.70. The van der Waals surface area contributed by atoms with Crippen LogP contribution in [0, 0.1) is 0 Å². The number of hydrogen-bond acceptors (Lipinski definition) is 5. The number of pyridine rings is 1. The van der Waals surface area contributed by atoms with Crippen LogP contribution in [0.25, 0.3) is 16.6 Å². The van der Waals surface area contributed by atoms with Crippen LogP contribution in [0.4, 0.5) is 5.69 Å². The summed E-state index contributed by atoms with van der Waals surface area (Å²) >= 11 is 1.39. The molecule has 0 saturated carbocycles. The Morgan fingerprint density at radius 2 is 1.68 bits per heavy atom. The molecule has 7 heteroatoms. The van der Waals surface area contributed by atoms with Crippen LogP contribution in [-0.4, -0.2) is 30.9 Å². The van der Waals surface area contributed by atoms with Crippen molar-refractivity contribution in [1.82, 2.24) is 19.7 Å². The molecule has 34 heavy (non-hydrogen) atoms. The number of para-hydroxylation sites is 1. The van der Waals surface area contributed by atoms with Crippen LogP contribution in [0.3, 0.4) is 0 Å². The molecule has 0 aliphatic carbocycles. The van der Waals surface area contributed by atoms with E-state index in [1.54, 1.807) is 6.20 Å². The van der Waals surface area contributed by atoms with E-state index in [-0.39, 0.29) is 11.2 Å². The summed E-state index contributed by atoms with van der Waals surface area (Å²) in [5.74, 6) is 0.723. The summed E-state index contributed by atoms with van der Waals surface area (Å²) in [6.45, 7) is 1.88. The van der Waals surface area contributed by atoms with Crippen molar-refractivity contribution in [2.45, 2.75) is 23.8 Å². The number of hydrogen-bond donors (Lipinski definition) is 1. The van der Waals surface area contributed by atoms with Gasteiger partial charge in [-0.1, -0.05) is 66.4 Å². The molecule has 1 N–H and O–H groups in total. The number of rotatable bonds is 7. The Hall–Kier alpha value is -3.97. The van der Waals surface area contributed by atoms with E-state index in [0.717, 1.165) is 33.7 Å². The summed E-state index contributed by atoms with van der Waals surface area (Å²) in [6, 6.07) is 29.7. The van der Waals surface area contributed by atoms with Gasteiger partial charge in [0.15, 0.2) is 5.16 Å². The van der Waals surface area contributed by atoms with E-state index in [0.29, 0.717) is 11.6 Å². The fourth-order valence-corrected chi connectivity index (χ4v) is 4.65. The van der Waals surface area contributed by atoms with Gasteiger partial charge in [0.25, 0.3) is 0 Å². The molecule has 2 heterocycles. The molecule has 0 bridgehead atoms. The molecule has 3 aromatic carbocycles. The number of benzene rings is 3. The van der Waals surface area contributed by atoms with E-state index >= 15 is 0 Å². The van der Waals surface area contributed by atoms with Gasteiger partial charge in [-0.15, -0.1) is 10.2 Å². The zero-order valence-electron chi connectivity index (χ0n) is 18.6. The van der Waals surface area contributed by atoms with E-state index in [9.17, 15) is 4.79 Å². The molecule has 0 aliphatic rings. The minimum absolute atomic E-state index is 0.103. The topological polar surface area (TPSA) is 72.7 Å². The summed E-state index contributed by atoms with van der Waals surface area (Å²) in [6.07, 6.45) is 2.39. The molecule has 1 atom stereocenters. The highest BCUT2D eigenvalue weighted by Crippen LogP contribution is 2.28. The molecule has 0 spiro atoms. The Morgan fingerprint density at radius 1 is 0.912 bits per heavy atom. The lowest BCUT2D eigenvalue weighted by molar-refractivity contribution is -0.115. The lowest BCUT2D eigenvalue weighted by Crippen LogP contribution is -2.23. The molecule has 0 saturated heterocycles. The third-order valence-corrected chi connectivity index (χ3v) is 6.52. The predicted octanol–water partition coefficient (Wildman–Crippen LogP) is 5.53. The molecule has 0 radical (unpaired) electrons. The standard InChI is InChI=1S/C27H23N5OS/c1-19(26(33)29-24-16-8-15-23-22(24)14-9-17-28-23)34-27-31-30-25(18-20-10-4-2-5-11-20)32(27)21-12-6-3-7-13-21/h2-17,19H,18H2,1H3,(H,29,33). The summed E-state index contributed by atoms with van der Waals surface area (Å²) in [5, 5.41) is 13.2. The van der Waals surface area contributed by atoms with Gasteiger partial charge in [-0.05, 0) is 48.9 Å². The quantitative estimate of drug-likeness (QED) is 0.320. The second-order valence-electron chi connectivity index (χ2n) is 7.86. The molecule has 1 amide bonds. The van der Waals surface area contributed by atoms with Crippen LogP contribution >= 0.6 is 11.8 Å². The van der Waals surface area contributed by atoms with Crippen molar-refractivity contribution in [1.29, 1.82) is 0 Å². The monoisotopic (exact) mass is 465 g/mol. The Labute approximate surface area is 202 Å². The summed E-state index contributed by atoms with van der Waals surface area (Å²) in [5.41, 5.74) is 3.71. The van der Waals surface area contributed by atoms with E-state index in [1.165, 1.54) is 11.8 Å². The van der Waals surface area contributed by atoms with Gasteiger partial charge in [-0.2, -0.15) is 0 Å². The highest BCUT2D eigenvalue weighted by Gasteiger charge is 2.22. The normalized spacial score (nSPS) is 11.9. The van der Waals surface area contributed by atoms with E-state index in [4.69, 9.17) is 0 Å². The lowest BCUT2D eigenvalue weighted by atomic mass is 10.1. The second kappa shape index (κ2) is 9.89. The first-order valence-corrected chi connectivity index (χ1v) is 11.9. The van der Waals surface area contributed by atoms with Crippen molar-refractivity contribution in [2.24, 2.45) is 0 Å². The van der Waals surface area contributed by atoms with Crippen molar-refractivity contribution in [3.05, 3.63) is 109 Å². The number of amides is 1. The molecule has 6 nitrogen and oxygen atoms in total. The first-order chi connectivity index (χ1) is 16.7. The maximum absolute atomic E-state index is 13.1. The average molecular weight is 466 g/mol. The fraction of sp³-hybridized carbons (Fsp3) is 0.111. The Balaban J connectivity index is 1.40. The number of anilines is 1. The Kier molecular flexibility index (Phi) is 6.35. The molecular weight excluding hydrogens is 442 g/mol. The summed E-state index contributed by atoms with van der Waals surface area (Å²) in [7, 11) is 0. The number of carbonyl (C=O) groups is 1. The second-order valence-corrected chi connectivity index (χ2v) is 9.17. The molecule has 168 valence electrons. The first kappa shape index (κ1) is 21.9. The van der Waals surface area contributed by atoms with Crippen LogP contribution in [0.5, 0.6) is 0 Å². The minimum atomic E-state index is -0.386. The first-order valence-electron chi connectivity index (χ1n) is 11.0. The van der Waals surface area contributed by atoms with Gasteiger partial charge >= 0.3 is 0 Å². The predicted molar refractivity (Wildman–Crippen MR) is 136 cm³/mol. The smallest absolute Gasteiger partial charge is 0.237 e. The number of nitrogens with zero attached hydrogens (tertiary/aromatic N) is 4. The zero-order chi connectivity index (χ0) is 23.3. The van der Waals surface area contributed by atoms with Crippen LogP contribution in [0.1, 0.15) is 18.3 Å². The van der Waals surface area contributed by atoms with Crippen molar-refractivity contribution < 1.29 is 4.79 Å². The number of carbonyl (C=O) groups excluding carboxylic acids is 1. The molecule has 0 aliphatic heterocycles. The van der Waals surface area contributed by atoms with Gasteiger partial charge in [-0.3, -0.25) is 14.3 Å². The molecule has 0 fully saturated rings. The van der Waals surface area contributed by atoms with Gasteiger partial charge in [0, 0.05) is 23.7 Å². The fourth-order valence-electron chi connectivity index (χ4n) is 3.76. The number of fused-ring (bicyclic) bond motifs is 1. The summed E-state index contributed by atoms with van der Waals surface area (Å²) in [4.78, 5) is 17.5. The highest BCUT2D eigenvalue weighted by molar-refractivity contribution is 8.00. The number of thioether (sulfide) groups is 1.